The lowest BCUT2D eigenvalue weighted by Crippen LogP contribution is -2.48. The van der Waals surface area contributed by atoms with Crippen molar-refractivity contribution in [1.29, 1.82) is 0 Å². The molecule has 248 valence electrons. The lowest BCUT2D eigenvalue weighted by atomic mass is 10.1. The van der Waals surface area contributed by atoms with Gasteiger partial charge in [0.1, 0.15) is 12.4 Å². The van der Waals surface area contributed by atoms with Crippen LogP contribution in [0.3, 0.4) is 0 Å². The molecule has 1 aromatic carbocycles. The number of benzene rings is 1. The van der Waals surface area contributed by atoms with Crippen molar-refractivity contribution in [3.8, 4) is 11.1 Å². The summed E-state index contributed by atoms with van der Waals surface area (Å²) >= 11 is 0. The van der Waals surface area contributed by atoms with Gasteiger partial charge in [-0.15, -0.1) is 0 Å². The molecule has 2 saturated heterocycles. The van der Waals surface area contributed by atoms with Crippen LogP contribution in [0, 0.1) is 17.7 Å². The molecular formula is C33H49FN4O6Si. The van der Waals surface area contributed by atoms with E-state index in [0.29, 0.717) is 48.9 Å². The zero-order chi connectivity index (χ0) is 32.6. The molecule has 2 aliphatic heterocycles. The monoisotopic (exact) mass is 644 g/mol. The maximum atomic E-state index is 15.5. The lowest BCUT2D eigenvalue weighted by molar-refractivity contribution is -0.177. The highest BCUT2D eigenvalue weighted by atomic mass is 28.4. The van der Waals surface area contributed by atoms with Gasteiger partial charge in [0.05, 0.1) is 50.5 Å². The number of esters is 1. The molecule has 0 bridgehead atoms. The molecule has 2 unspecified atom stereocenters. The predicted molar refractivity (Wildman–Crippen MR) is 174 cm³/mol. The quantitative estimate of drug-likeness (QED) is 0.132. The van der Waals surface area contributed by atoms with E-state index in [0.717, 1.165) is 25.0 Å². The Kier molecular flexibility index (Phi) is 12.1. The van der Waals surface area contributed by atoms with Crippen LogP contribution in [0.4, 0.5) is 10.3 Å². The molecule has 2 aliphatic rings. The maximum absolute atomic E-state index is 15.5. The van der Waals surface area contributed by atoms with Gasteiger partial charge in [-0.3, -0.25) is 4.79 Å². The van der Waals surface area contributed by atoms with Gasteiger partial charge >= 0.3 is 5.97 Å². The minimum absolute atomic E-state index is 0.0451. The topological polar surface area (TPSA) is 105 Å². The summed E-state index contributed by atoms with van der Waals surface area (Å²) in [6, 6.07) is 5.34. The lowest BCUT2D eigenvalue weighted by Gasteiger charge is -2.36. The molecule has 10 nitrogen and oxygen atoms in total. The molecule has 0 amide bonds. The summed E-state index contributed by atoms with van der Waals surface area (Å²) in [6.07, 6.45) is 6.02. The summed E-state index contributed by atoms with van der Waals surface area (Å²) in [6.45, 7) is 17.2. The van der Waals surface area contributed by atoms with Crippen LogP contribution in [-0.4, -0.2) is 75.8 Å². The van der Waals surface area contributed by atoms with E-state index in [2.05, 4.69) is 49.0 Å². The van der Waals surface area contributed by atoms with E-state index in [4.69, 9.17) is 23.5 Å². The number of carbonyl (C=O) groups excluding carboxylic acids is 1. The van der Waals surface area contributed by atoms with Crippen molar-refractivity contribution < 1.29 is 32.7 Å². The molecule has 12 heteroatoms. The molecule has 0 spiro atoms. The second kappa shape index (κ2) is 15.6. The van der Waals surface area contributed by atoms with Crippen LogP contribution in [-0.2, 0) is 34.9 Å². The second-order valence-electron chi connectivity index (χ2n) is 13.7. The first-order chi connectivity index (χ1) is 21.3. The highest BCUT2D eigenvalue weighted by Crippen LogP contribution is 2.37. The molecule has 3 heterocycles. The Morgan fingerprint density at radius 2 is 1.87 bits per heavy atom. The third-order valence-electron chi connectivity index (χ3n) is 8.54. The van der Waals surface area contributed by atoms with Crippen molar-refractivity contribution in [2.24, 2.45) is 17.0 Å². The molecule has 0 saturated carbocycles. The van der Waals surface area contributed by atoms with Crippen molar-refractivity contribution in [3.05, 3.63) is 42.0 Å². The van der Waals surface area contributed by atoms with Crippen LogP contribution in [0.1, 0.15) is 59.4 Å². The van der Waals surface area contributed by atoms with Gasteiger partial charge in [-0.1, -0.05) is 58.0 Å². The number of rotatable bonds is 14. The molecule has 2 fully saturated rings. The first-order valence-corrected chi connectivity index (χ1v) is 18.8. The van der Waals surface area contributed by atoms with E-state index in [-0.39, 0.29) is 54.8 Å². The number of aromatic nitrogens is 2. The second-order valence-corrected chi connectivity index (χ2v) is 18.5. The number of oxime groups is 1. The minimum Gasteiger partial charge on any atom is -0.465 e. The molecule has 2 aromatic rings. The summed E-state index contributed by atoms with van der Waals surface area (Å²) in [5, 5.41) is 4.32. The first kappa shape index (κ1) is 34.9. The Labute approximate surface area is 267 Å². The Balaban J connectivity index is 1.28. The van der Waals surface area contributed by atoms with E-state index in [9.17, 15) is 4.79 Å². The van der Waals surface area contributed by atoms with Gasteiger partial charge in [-0.25, -0.2) is 14.4 Å². The van der Waals surface area contributed by atoms with Gasteiger partial charge in [0, 0.05) is 35.7 Å². The van der Waals surface area contributed by atoms with Gasteiger partial charge in [-0.05, 0) is 37.4 Å². The standard InChI is InChI=1S/C33H49FN4O6Si/c1-23(2)31(39)42-20-24(19-41-29-13-8-9-14-40-29)21-43-37-27-17-38(18-27)32-35-15-26(16-36-32)28-12-10-11-25(30(28)34)22-44-45(6,7)33(3,4)5/h10-12,15-16,23-24,29H,8-9,13-14,17-22H2,1-7H3. The van der Waals surface area contributed by atoms with Gasteiger partial charge in [-0.2, -0.15) is 0 Å². The number of anilines is 1. The normalized spacial score (nSPS) is 18.0. The average molecular weight is 645 g/mol. The Bertz CT molecular complexity index is 1290. The van der Waals surface area contributed by atoms with Crippen molar-refractivity contribution in [1.82, 2.24) is 9.97 Å². The number of nitrogens with zero attached hydrogens (tertiary/aromatic N) is 4. The minimum atomic E-state index is -2.01. The number of hydrogen-bond donors (Lipinski definition) is 0. The number of hydrogen-bond acceptors (Lipinski definition) is 10. The Hall–Kier alpha value is -2.93. The third-order valence-corrected chi connectivity index (χ3v) is 13.0. The Morgan fingerprint density at radius 3 is 2.51 bits per heavy atom. The molecule has 0 aliphatic carbocycles. The van der Waals surface area contributed by atoms with Crippen LogP contribution in [0.15, 0.2) is 35.7 Å². The van der Waals surface area contributed by atoms with Crippen LogP contribution in [0.5, 0.6) is 0 Å². The van der Waals surface area contributed by atoms with Gasteiger partial charge in [0.2, 0.25) is 5.95 Å². The molecular weight excluding hydrogens is 595 g/mol. The fourth-order valence-electron chi connectivity index (χ4n) is 4.44. The number of halogens is 1. The third kappa shape index (κ3) is 9.78. The highest BCUT2D eigenvalue weighted by molar-refractivity contribution is 6.74. The van der Waals surface area contributed by atoms with E-state index >= 15 is 4.39 Å². The van der Waals surface area contributed by atoms with Crippen molar-refractivity contribution in [2.75, 3.05) is 44.4 Å². The summed E-state index contributed by atoms with van der Waals surface area (Å²) in [5.41, 5.74) is 2.43. The van der Waals surface area contributed by atoms with Crippen LogP contribution in [0.2, 0.25) is 18.1 Å². The Morgan fingerprint density at radius 1 is 1.13 bits per heavy atom. The van der Waals surface area contributed by atoms with Crippen LogP contribution in [0.25, 0.3) is 11.1 Å². The van der Waals surface area contributed by atoms with Gasteiger partial charge in [0.25, 0.3) is 0 Å². The predicted octanol–water partition coefficient (Wildman–Crippen LogP) is 6.36. The smallest absolute Gasteiger partial charge is 0.308 e. The van der Waals surface area contributed by atoms with E-state index in [1.54, 1.807) is 38.4 Å². The number of carbonyl (C=O) groups is 1. The van der Waals surface area contributed by atoms with Crippen LogP contribution < -0.4 is 4.90 Å². The molecule has 0 radical (unpaired) electrons. The maximum Gasteiger partial charge on any atom is 0.308 e. The fourth-order valence-corrected chi connectivity index (χ4v) is 5.39. The van der Waals surface area contributed by atoms with Crippen molar-refractivity contribution >= 4 is 25.9 Å². The van der Waals surface area contributed by atoms with Crippen LogP contribution >= 0.6 is 0 Å². The zero-order valence-corrected chi connectivity index (χ0v) is 28.8. The largest absolute Gasteiger partial charge is 0.465 e. The summed E-state index contributed by atoms with van der Waals surface area (Å²) in [4.78, 5) is 28.5. The fraction of sp³-hybridized carbons (Fsp3) is 0.636. The van der Waals surface area contributed by atoms with Crippen molar-refractivity contribution in [2.45, 2.75) is 84.9 Å². The molecule has 1 aromatic heterocycles. The van der Waals surface area contributed by atoms with E-state index < -0.39 is 8.32 Å². The van der Waals surface area contributed by atoms with E-state index in [1.807, 2.05) is 11.0 Å². The number of ether oxygens (including phenoxy) is 3. The SMILES string of the molecule is CC(C)C(=O)OCC(CON=C1CN(c2ncc(-c3cccc(CO[Si](C)(C)C(C)(C)C)c3F)cn2)C1)COC1CCCCO1. The summed E-state index contributed by atoms with van der Waals surface area (Å²) in [5.74, 6) is -0.408. The van der Waals surface area contributed by atoms with E-state index in [1.165, 1.54) is 0 Å². The summed E-state index contributed by atoms with van der Waals surface area (Å²) in [7, 11) is -2.01. The molecule has 4 rings (SSSR count). The van der Waals surface area contributed by atoms with Crippen molar-refractivity contribution in [3.63, 3.8) is 0 Å². The molecule has 45 heavy (non-hydrogen) atoms. The summed E-state index contributed by atoms with van der Waals surface area (Å²) < 4.78 is 38.7. The van der Waals surface area contributed by atoms with Gasteiger partial charge in [0.15, 0.2) is 14.6 Å². The first-order valence-electron chi connectivity index (χ1n) is 15.9. The highest BCUT2D eigenvalue weighted by Gasteiger charge is 2.37. The molecule has 0 N–H and O–H groups in total. The zero-order valence-electron chi connectivity index (χ0n) is 27.8. The molecule has 2 atom stereocenters. The van der Waals surface area contributed by atoms with Gasteiger partial charge < -0.3 is 28.4 Å². The average Bonchev–Trinajstić information content (AvgIpc) is 2.98.